The van der Waals surface area contributed by atoms with Crippen LogP contribution < -0.4 is 0 Å². The summed E-state index contributed by atoms with van der Waals surface area (Å²) in [7, 11) is 0. The average Bonchev–Trinajstić information content (AvgIpc) is 2.70. The lowest BCUT2D eigenvalue weighted by molar-refractivity contribution is -0.126. The Morgan fingerprint density at radius 2 is 1.26 bits per heavy atom. The molecule has 0 atom stereocenters. The molecule has 2 heteroatoms. The van der Waals surface area contributed by atoms with Crippen molar-refractivity contribution in [1.29, 1.82) is 0 Å². The highest BCUT2D eigenvalue weighted by Gasteiger charge is 2.12. The molecule has 0 aromatic carbocycles. The molecule has 0 unspecified atom stereocenters. The van der Waals surface area contributed by atoms with Crippen molar-refractivity contribution >= 4 is 5.91 Å². The zero-order chi connectivity index (χ0) is 19.4. The number of amides is 1. The molecule has 1 amide bonds. The van der Waals surface area contributed by atoms with E-state index in [2.05, 4.69) is 25.2 Å². The maximum Gasteiger partial charge on any atom is 0.246 e. The number of rotatable bonds is 15. The van der Waals surface area contributed by atoms with Gasteiger partial charge in [0.25, 0.3) is 0 Å². The van der Waals surface area contributed by atoms with Crippen molar-refractivity contribution in [3.05, 3.63) is 36.5 Å². The quantitative estimate of drug-likeness (QED) is 0.127. The fourth-order valence-electron chi connectivity index (χ4n) is 3.50. The van der Waals surface area contributed by atoms with Gasteiger partial charge in [-0.1, -0.05) is 82.2 Å². The molecule has 2 nitrogen and oxygen atoms in total. The maximum absolute atomic E-state index is 12.0. The lowest BCUT2D eigenvalue weighted by Crippen LogP contribution is -2.34. The van der Waals surface area contributed by atoms with Crippen molar-refractivity contribution in [2.75, 3.05) is 13.1 Å². The number of hydrogen-bond acceptors (Lipinski definition) is 1. The fourth-order valence-corrected chi connectivity index (χ4v) is 3.50. The van der Waals surface area contributed by atoms with Gasteiger partial charge in [-0.15, -0.1) is 0 Å². The molecule has 0 aromatic rings. The summed E-state index contributed by atoms with van der Waals surface area (Å²) < 4.78 is 0. The normalized spacial score (nSPS) is 15.5. The van der Waals surface area contributed by atoms with Crippen molar-refractivity contribution in [2.24, 2.45) is 0 Å². The Balaban J connectivity index is 1.85. The molecule has 0 aliphatic carbocycles. The van der Waals surface area contributed by atoms with E-state index in [4.69, 9.17) is 0 Å². The second-order valence-electron chi connectivity index (χ2n) is 7.84. The van der Waals surface area contributed by atoms with Gasteiger partial charge in [0.05, 0.1) is 0 Å². The lowest BCUT2D eigenvalue weighted by Gasteiger charge is -2.25. The predicted molar refractivity (Wildman–Crippen MR) is 119 cm³/mol. The molecule has 1 aliphatic rings. The van der Waals surface area contributed by atoms with Crippen molar-refractivity contribution in [2.45, 2.75) is 103 Å². The molecule has 0 spiro atoms. The van der Waals surface area contributed by atoms with Crippen LogP contribution in [0.3, 0.4) is 0 Å². The van der Waals surface area contributed by atoms with E-state index in [-0.39, 0.29) is 5.91 Å². The molecule has 0 aromatic heterocycles. The first-order valence-electron chi connectivity index (χ1n) is 11.6. The van der Waals surface area contributed by atoms with Gasteiger partial charge >= 0.3 is 0 Å². The summed E-state index contributed by atoms with van der Waals surface area (Å²) in [6, 6.07) is 0. The number of carbonyl (C=O) groups is 1. The van der Waals surface area contributed by atoms with Crippen molar-refractivity contribution in [3.63, 3.8) is 0 Å². The largest absolute Gasteiger partial charge is 0.339 e. The molecule has 0 radical (unpaired) electrons. The second-order valence-corrected chi connectivity index (χ2v) is 7.84. The third-order valence-electron chi connectivity index (χ3n) is 5.29. The number of unbranched alkanes of at least 4 members (excludes halogenated alkanes) is 10. The summed E-state index contributed by atoms with van der Waals surface area (Å²) in [4.78, 5) is 13.9. The first kappa shape index (κ1) is 23.7. The van der Waals surface area contributed by atoms with Crippen LogP contribution in [0.2, 0.25) is 0 Å². The third kappa shape index (κ3) is 14.4. The number of piperidine rings is 1. The Hall–Kier alpha value is -1.31. The monoisotopic (exact) mass is 373 g/mol. The molecule has 0 bridgehead atoms. The van der Waals surface area contributed by atoms with Gasteiger partial charge in [-0.05, 0) is 51.4 Å². The minimum atomic E-state index is 0.177. The van der Waals surface area contributed by atoms with Gasteiger partial charge in [-0.2, -0.15) is 0 Å². The second kappa shape index (κ2) is 18.1. The molecule has 0 saturated carbocycles. The summed E-state index contributed by atoms with van der Waals surface area (Å²) >= 11 is 0. The van der Waals surface area contributed by atoms with E-state index in [1.54, 1.807) is 6.08 Å². The zero-order valence-electron chi connectivity index (χ0n) is 17.8. The van der Waals surface area contributed by atoms with Crippen LogP contribution in [0, 0.1) is 0 Å². The summed E-state index contributed by atoms with van der Waals surface area (Å²) in [6.45, 7) is 4.12. The van der Waals surface area contributed by atoms with Crippen molar-refractivity contribution in [1.82, 2.24) is 4.90 Å². The first-order chi connectivity index (χ1) is 13.3. The van der Waals surface area contributed by atoms with Crippen LogP contribution >= 0.6 is 0 Å². The van der Waals surface area contributed by atoms with Crippen LogP contribution in [-0.4, -0.2) is 23.9 Å². The van der Waals surface area contributed by atoms with Gasteiger partial charge in [-0.3, -0.25) is 4.79 Å². The minimum absolute atomic E-state index is 0.177. The van der Waals surface area contributed by atoms with Crippen LogP contribution in [0.5, 0.6) is 0 Å². The minimum Gasteiger partial charge on any atom is -0.339 e. The molecule has 1 rings (SSSR count). The number of nitrogens with zero attached hydrogens (tertiary/aromatic N) is 1. The molecular weight excluding hydrogens is 330 g/mol. The molecule has 1 aliphatic heterocycles. The lowest BCUT2D eigenvalue weighted by atomic mass is 10.1. The Morgan fingerprint density at radius 1 is 0.704 bits per heavy atom. The van der Waals surface area contributed by atoms with Gasteiger partial charge < -0.3 is 4.90 Å². The highest BCUT2D eigenvalue weighted by molar-refractivity contribution is 5.87. The maximum atomic E-state index is 12.0. The van der Waals surface area contributed by atoms with E-state index in [0.29, 0.717) is 0 Å². The van der Waals surface area contributed by atoms with E-state index in [1.165, 1.54) is 77.0 Å². The van der Waals surface area contributed by atoms with E-state index >= 15 is 0 Å². The first-order valence-corrected chi connectivity index (χ1v) is 11.6. The molecule has 1 saturated heterocycles. The molecular formula is C25H43NO. The van der Waals surface area contributed by atoms with Crippen molar-refractivity contribution in [3.8, 4) is 0 Å². The van der Waals surface area contributed by atoms with Crippen LogP contribution in [-0.2, 0) is 4.79 Å². The van der Waals surface area contributed by atoms with Gasteiger partial charge in [0.15, 0.2) is 0 Å². The average molecular weight is 374 g/mol. The SMILES string of the molecule is CCCC/C=C\CCCCCCCCC/C=C/C=C/C(=O)N1CCCCC1. The highest BCUT2D eigenvalue weighted by atomic mass is 16.2. The summed E-state index contributed by atoms with van der Waals surface area (Å²) in [5.41, 5.74) is 0. The van der Waals surface area contributed by atoms with E-state index in [1.807, 2.05) is 17.1 Å². The smallest absolute Gasteiger partial charge is 0.246 e. The van der Waals surface area contributed by atoms with E-state index in [9.17, 15) is 4.79 Å². The number of hydrogen-bond donors (Lipinski definition) is 0. The van der Waals surface area contributed by atoms with Gasteiger partial charge in [0, 0.05) is 19.2 Å². The number of carbonyl (C=O) groups excluding carboxylic acids is 1. The molecule has 1 heterocycles. The predicted octanol–water partition coefficient (Wildman–Crippen LogP) is 7.37. The Morgan fingerprint density at radius 3 is 1.89 bits per heavy atom. The van der Waals surface area contributed by atoms with E-state index < -0.39 is 0 Å². The number of likely N-dealkylation sites (tertiary alicyclic amines) is 1. The van der Waals surface area contributed by atoms with Crippen LogP contribution in [0.15, 0.2) is 36.5 Å². The van der Waals surface area contributed by atoms with Gasteiger partial charge in [0.1, 0.15) is 0 Å². The van der Waals surface area contributed by atoms with Crippen LogP contribution in [0.1, 0.15) is 103 Å². The van der Waals surface area contributed by atoms with Crippen LogP contribution in [0.25, 0.3) is 0 Å². The summed E-state index contributed by atoms with van der Waals surface area (Å²) in [5, 5.41) is 0. The summed E-state index contributed by atoms with van der Waals surface area (Å²) in [6.07, 6.45) is 31.9. The third-order valence-corrected chi connectivity index (χ3v) is 5.29. The van der Waals surface area contributed by atoms with Crippen LogP contribution in [0.4, 0.5) is 0 Å². The Bertz CT molecular complexity index is 430. The molecule has 1 fully saturated rings. The topological polar surface area (TPSA) is 20.3 Å². The molecule has 154 valence electrons. The fraction of sp³-hybridized carbons (Fsp3) is 0.720. The molecule has 27 heavy (non-hydrogen) atoms. The molecule has 0 N–H and O–H groups in total. The van der Waals surface area contributed by atoms with Gasteiger partial charge in [-0.25, -0.2) is 0 Å². The van der Waals surface area contributed by atoms with E-state index in [0.717, 1.165) is 32.4 Å². The summed E-state index contributed by atoms with van der Waals surface area (Å²) in [5.74, 6) is 0.177. The Kier molecular flexibility index (Phi) is 15.9. The van der Waals surface area contributed by atoms with Gasteiger partial charge in [0.2, 0.25) is 5.91 Å². The van der Waals surface area contributed by atoms with Crippen molar-refractivity contribution < 1.29 is 4.79 Å². The Labute approximate surface area is 168 Å². The number of allylic oxidation sites excluding steroid dienone is 5. The highest BCUT2D eigenvalue weighted by Crippen LogP contribution is 2.11. The zero-order valence-corrected chi connectivity index (χ0v) is 17.8. The standard InChI is InChI=1S/C25H43NO/c1-2-3-4-5-6-7-8-9-10-11-12-13-14-15-16-17-19-22-25(27)26-23-20-18-21-24-26/h5-6,16-17,19,22H,2-4,7-15,18,20-21,23-24H2,1H3/b6-5-,17-16+,22-19+.